The molecule has 22 heavy (non-hydrogen) atoms. The monoisotopic (exact) mass is 344 g/mol. The zero-order valence-electron chi connectivity index (χ0n) is 11.7. The molecular weight excluding hydrogens is 330 g/mol. The second-order valence-corrected chi connectivity index (χ2v) is 7.23. The Morgan fingerprint density at radius 3 is 2.45 bits per heavy atom. The summed E-state index contributed by atoms with van der Waals surface area (Å²) < 4.78 is 53.7. The Hall–Kier alpha value is -1.44. The van der Waals surface area contributed by atoms with Gasteiger partial charge in [0.1, 0.15) is 0 Å². The normalized spacial score (nSPS) is 11.8. The molecule has 2 aromatic carbocycles. The maximum Gasteiger partial charge on any atom is 0.297 e. The Morgan fingerprint density at radius 2 is 1.82 bits per heavy atom. The van der Waals surface area contributed by atoms with Crippen LogP contribution >= 0.6 is 11.8 Å². The summed E-state index contributed by atoms with van der Waals surface area (Å²) in [5.41, 5.74) is 1.46. The lowest BCUT2D eigenvalue weighted by Gasteiger charge is -2.07. The first-order chi connectivity index (χ1) is 10.4. The number of benzene rings is 2. The molecular formula is C15H14F2O3S2. The van der Waals surface area contributed by atoms with E-state index in [0.717, 1.165) is 5.56 Å². The van der Waals surface area contributed by atoms with Crippen molar-refractivity contribution in [1.82, 2.24) is 0 Å². The number of alkyl halides is 2. The quantitative estimate of drug-likeness (QED) is 0.581. The van der Waals surface area contributed by atoms with Crippen molar-refractivity contribution in [1.29, 1.82) is 0 Å². The van der Waals surface area contributed by atoms with Crippen LogP contribution in [0, 0.1) is 6.92 Å². The van der Waals surface area contributed by atoms with Gasteiger partial charge in [-0.05, 0) is 36.8 Å². The van der Waals surface area contributed by atoms with Gasteiger partial charge in [-0.1, -0.05) is 41.6 Å². The van der Waals surface area contributed by atoms with Crippen LogP contribution in [0.25, 0.3) is 0 Å². The molecule has 0 amide bonds. The van der Waals surface area contributed by atoms with Gasteiger partial charge in [-0.25, -0.2) is 0 Å². The highest BCUT2D eigenvalue weighted by atomic mass is 32.2. The topological polar surface area (TPSA) is 43.4 Å². The first kappa shape index (κ1) is 16.9. The summed E-state index contributed by atoms with van der Waals surface area (Å²) in [4.78, 5) is 0.431. The Balaban J connectivity index is 2.07. The standard InChI is InChI=1S/C15H14F2O3S2/c1-11-5-7-14(8-6-11)22(18,19)20-10-12-3-2-4-13(9-12)21-15(16)17/h2-9,15H,10H2,1H3. The number of rotatable bonds is 6. The van der Waals surface area contributed by atoms with Crippen LogP contribution < -0.4 is 0 Å². The Kier molecular flexibility index (Phi) is 5.55. The van der Waals surface area contributed by atoms with Crippen molar-refractivity contribution in [3.05, 3.63) is 59.7 Å². The van der Waals surface area contributed by atoms with Crippen LogP contribution in [0.15, 0.2) is 58.3 Å². The zero-order chi connectivity index (χ0) is 16.2. The third kappa shape index (κ3) is 4.79. The van der Waals surface area contributed by atoms with E-state index in [0.29, 0.717) is 22.2 Å². The zero-order valence-corrected chi connectivity index (χ0v) is 13.3. The number of hydrogen-bond acceptors (Lipinski definition) is 4. The molecule has 0 aliphatic heterocycles. The molecule has 0 unspecified atom stereocenters. The van der Waals surface area contributed by atoms with Crippen LogP contribution in [0.4, 0.5) is 8.78 Å². The summed E-state index contributed by atoms with van der Waals surface area (Å²) in [5, 5.41) is 0. The molecule has 0 saturated carbocycles. The van der Waals surface area contributed by atoms with Crippen LogP contribution in [0.3, 0.4) is 0 Å². The van der Waals surface area contributed by atoms with Crippen LogP contribution in [0.1, 0.15) is 11.1 Å². The molecule has 0 aromatic heterocycles. The fraction of sp³-hybridized carbons (Fsp3) is 0.200. The van der Waals surface area contributed by atoms with E-state index >= 15 is 0 Å². The largest absolute Gasteiger partial charge is 0.297 e. The van der Waals surface area contributed by atoms with Crippen molar-refractivity contribution in [2.75, 3.05) is 0 Å². The molecule has 3 nitrogen and oxygen atoms in total. The molecule has 0 spiro atoms. The van der Waals surface area contributed by atoms with Crippen molar-refractivity contribution >= 4 is 21.9 Å². The SMILES string of the molecule is Cc1ccc(S(=O)(=O)OCc2cccc(SC(F)F)c2)cc1. The lowest BCUT2D eigenvalue weighted by atomic mass is 10.2. The molecule has 0 saturated heterocycles. The van der Waals surface area contributed by atoms with Crippen molar-refractivity contribution in [3.63, 3.8) is 0 Å². The first-order valence-corrected chi connectivity index (χ1v) is 8.65. The number of aryl methyl sites for hydroxylation is 1. The highest BCUT2D eigenvalue weighted by molar-refractivity contribution is 7.99. The van der Waals surface area contributed by atoms with Gasteiger partial charge >= 0.3 is 0 Å². The number of halogens is 2. The predicted molar refractivity (Wildman–Crippen MR) is 81.5 cm³/mol. The van der Waals surface area contributed by atoms with Gasteiger partial charge in [0.25, 0.3) is 15.9 Å². The molecule has 0 aliphatic rings. The predicted octanol–water partition coefficient (Wildman–Crippen LogP) is 4.22. The third-order valence-corrected chi connectivity index (χ3v) is 4.80. The molecule has 7 heteroatoms. The van der Waals surface area contributed by atoms with Crippen molar-refractivity contribution in [2.24, 2.45) is 0 Å². The summed E-state index contributed by atoms with van der Waals surface area (Å²) >= 11 is 0.406. The highest BCUT2D eigenvalue weighted by Crippen LogP contribution is 2.26. The lowest BCUT2D eigenvalue weighted by Crippen LogP contribution is -2.06. The van der Waals surface area contributed by atoms with E-state index in [4.69, 9.17) is 4.18 Å². The van der Waals surface area contributed by atoms with E-state index in [2.05, 4.69) is 0 Å². The second-order valence-electron chi connectivity index (χ2n) is 4.56. The van der Waals surface area contributed by atoms with Gasteiger partial charge < -0.3 is 0 Å². The van der Waals surface area contributed by atoms with E-state index in [1.807, 2.05) is 6.92 Å². The van der Waals surface area contributed by atoms with Gasteiger partial charge in [0.15, 0.2) is 0 Å². The van der Waals surface area contributed by atoms with Crippen LogP contribution in [0.5, 0.6) is 0 Å². The molecule has 0 fully saturated rings. The van der Waals surface area contributed by atoms with Gasteiger partial charge in [-0.2, -0.15) is 17.2 Å². The minimum Gasteiger partial charge on any atom is -0.262 e. The minimum atomic E-state index is -3.87. The molecule has 118 valence electrons. The van der Waals surface area contributed by atoms with Gasteiger partial charge in [-0.15, -0.1) is 0 Å². The maximum atomic E-state index is 12.3. The third-order valence-electron chi connectivity index (χ3n) is 2.81. The highest BCUT2D eigenvalue weighted by Gasteiger charge is 2.15. The van der Waals surface area contributed by atoms with Crippen LogP contribution in [-0.4, -0.2) is 14.2 Å². The molecule has 0 atom stereocenters. The van der Waals surface area contributed by atoms with Crippen molar-refractivity contribution in [3.8, 4) is 0 Å². The molecule has 0 bridgehead atoms. The van der Waals surface area contributed by atoms with Gasteiger partial charge in [0.05, 0.1) is 11.5 Å². The molecule has 0 heterocycles. The smallest absolute Gasteiger partial charge is 0.262 e. The Morgan fingerprint density at radius 1 is 1.14 bits per heavy atom. The molecule has 0 N–H and O–H groups in total. The first-order valence-electron chi connectivity index (χ1n) is 6.37. The van der Waals surface area contributed by atoms with Gasteiger partial charge in [0.2, 0.25) is 0 Å². The van der Waals surface area contributed by atoms with Gasteiger partial charge in [0, 0.05) is 4.90 Å². The fourth-order valence-electron chi connectivity index (χ4n) is 1.73. The van der Waals surface area contributed by atoms with E-state index < -0.39 is 15.9 Å². The fourth-order valence-corrected chi connectivity index (χ4v) is 3.21. The Bertz CT molecular complexity index is 729. The molecule has 0 aliphatic carbocycles. The summed E-state index contributed by atoms with van der Waals surface area (Å²) in [6, 6.07) is 12.5. The van der Waals surface area contributed by atoms with Crippen LogP contribution in [0.2, 0.25) is 0 Å². The van der Waals surface area contributed by atoms with Gasteiger partial charge in [-0.3, -0.25) is 4.18 Å². The summed E-state index contributed by atoms with van der Waals surface area (Å²) in [5.74, 6) is -2.52. The summed E-state index contributed by atoms with van der Waals surface area (Å²) in [6.45, 7) is 1.65. The number of hydrogen-bond donors (Lipinski definition) is 0. The average Bonchev–Trinajstić information content (AvgIpc) is 2.45. The Labute approximate surface area is 132 Å². The summed E-state index contributed by atoms with van der Waals surface area (Å²) in [6.07, 6.45) is 0. The van der Waals surface area contributed by atoms with Crippen LogP contribution in [-0.2, 0) is 20.9 Å². The van der Waals surface area contributed by atoms with Crippen molar-refractivity contribution < 1.29 is 21.4 Å². The van der Waals surface area contributed by atoms with Crippen molar-refractivity contribution in [2.45, 2.75) is 29.1 Å². The summed E-state index contributed by atoms with van der Waals surface area (Å²) in [7, 11) is -3.87. The molecule has 2 rings (SSSR count). The average molecular weight is 344 g/mol. The van der Waals surface area contributed by atoms with E-state index in [-0.39, 0.29) is 11.5 Å². The van der Waals surface area contributed by atoms with E-state index in [9.17, 15) is 17.2 Å². The van der Waals surface area contributed by atoms with E-state index in [1.165, 1.54) is 24.3 Å². The molecule has 2 aromatic rings. The lowest BCUT2D eigenvalue weighted by molar-refractivity contribution is 0.252. The minimum absolute atomic E-state index is 0.0659. The second kappa shape index (κ2) is 7.21. The maximum absolute atomic E-state index is 12.3. The number of thioether (sulfide) groups is 1. The van der Waals surface area contributed by atoms with E-state index in [1.54, 1.807) is 24.3 Å². The molecule has 0 radical (unpaired) electrons.